The summed E-state index contributed by atoms with van der Waals surface area (Å²) in [4.78, 5) is 33.6. The van der Waals surface area contributed by atoms with Crippen LogP contribution in [-0.2, 0) is 23.9 Å². The van der Waals surface area contributed by atoms with Gasteiger partial charge in [-0.1, -0.05) is 20.3 Å². The molecule has 0 aromatic heterocycles. The fraction of sp³-hybridized carbons (Fsp3) is 0.824. The molecule has 0 aliphatic heterocycles. The van der Waals surface area contributed by atoms with Crippen LogP contribution in [0.15, 0.2) is 0 Å². The van der Waals surface area contributed by atoms with Crippen LogP contribution in [0.1, 0.15) is 52.4 Å². The molecule has 0 spiro atoms. The van der Waals surface area contributed by atoms with Crippen molar-refractivity contribution >= 4 is 17.7 Å². The molecular formula is C17H31NO6. The van der Waals surface area contributed by atoms with Gasteiger partial charge in [0.25, 0.3) is 0 Å². The first-order valence-electron chi connectivity index (χ1n) is 8.64. The highest BCUT2D eigenvalue weighted by molar-refractivity contribution is 5.84. The minimum atomic E-state index is -0.947. The van der Waals surface area contributed by atoms with Gasteiger partial charge < -0.3 is 19.9 Å². The van der Waals surface area contributed by atoms with Gasteiger partial charge in [-0.25, -0.2) is 0 Å². The Hall–Kier alpha value is -1.47. The minimum absolute atomic E-state index is 0.0138. The average Bonchev–Trinajstić information content (AvgIpc) is 2.55. The van der Waals surface area contributed by atoms with E-state index in [0.29, 0.717) is 32.8 Å². The lowest BCUT2D eigenvalue weighted by molar-refractivity contribution is -0.139. The van der Waals surface area contributed by atoms with Crippen LogP contribution >= 0.6 is 0 Å². The standard InChI is InChI=1S/C17H31NO6/c1-3-10-23-11-12-24-13-16(20)18-9-5-4-6-14(2)15(19)7-8-17(21)22/h14H,3-13H2,1-2H3,(H,18,20)(H,21,22)/t14-/m0/s1. The van der Waals surface area contributed by atoms with Crippen molar-refractivity contribution in [2.24, 2.45) is 5.92 Å². The number of ether oxygens (including phenoxy) is 2. The summed E-state index contributed by atoms with van der Waals surface area (Å²) in [5.41, 5.74) is 0. The van der Waals surface area contributed by atoms with Gasteiger partial charge in [-0.3, -0.25) is 14.4 Å². The number of aliphatic carboxylic acids is 1. The first-order valence-corrected chi connectivity index (χ1v) is 8.64. The quantitative estimate of drug-likeness (QED) is 0.414. The van der Waals surface area contributed by atoms with Gasteiger partial charge in [0.05, 0.1) is 19.6 Å². The number of Topliss-reactive ketones (excluding diaryl/α,β-unsaturated/α-hetero) is 1. The molecule has 0 radical (unpaired) electrons. The highest BCUT2D eigenvalue weighted by Crippen LogP contribution is 2.11. The van der Waals surface area contributed by atoms with Crippen LogP contribution in [0.5, 0.6) is 0 Å². The molecule has 0 bridgehead atoms. The SMILES string of the molecule is CCCOCCOCC(=O)NCCCC[C@H](C)C(=O)CCC(=O)O. The van der Waals surface area contributed by atoms with Gasteiger partial charge in [0.15, 0.2) is 0 Å². The van der Waals surface area contributed by atoms with Gasteiger partial charge in [0.1, 0.15) is 12.4 Å². The average molecular weight is 345 g/mol. The lowest BCUT2D eigenvalue weighted by Gasteiger charge is -2.10. The second-order valence-electron chi connectivity index (χ2n) is 5.77. The molecule has 0 aromatic rings. The van der Waals surface area contributed by atoms with E-state index in [4.69, 9.17) is 14.6 Å². The summed E-state index contributed by atoms with van der Waals surface area (Å²) in [7, 11) is 0. The number of carbonyl (C=O) groups excluding carboxylic acids is 2. The molecule has 0 rings (SSSR count). The van der Waals surface area contributed by atoms with Crippen LogP contribution in [0, 0.1) is 5.92 Å². The summed E-state index contributed by atoms with van der Waals surface area (Å²) in [6, 6.07) is 0. The van der Waals surface area contributed by atoms with E-state index >= 15 is 0 Å². The highest BCUT2D eigenvalue weighted by Gasteiger charge is 2.13. The summed E-state index contributed by atoms with van der Waals surface area (Å²) in [6.45, 7) is 6.02. The van der Waals surface area contributed by atoms with Crippen molar-refractivity contribution in [3.8, 4) is 0 Å². The van der Waals surface area contributed by atoms with Gasteiger partial charge in [-0.05, 0) is 19.3 Å². The number of rotatable bonds is 16. The number of amides is 1. The van der Waals surface area contributed by atoms with Gasteiger partial charge >= 0.3 is 5.97 Å². The van der Waals surface area contributed by atoms with Crippen LogP contribution in [0.2, 0.25) is 0 Å². The lowest BCUT2D eigenvalue weighted by Crippen LogP contribution is -2.29. The van der Waals surface area contributed by atoms with E-state index in [9.17, 15) is 14.4 Å². The molecule has 140 valence electrons. The van der Waals surface area contributed by atoms with Crippen LogP contribution in [0.3, 0.4) is 0 Å². The molecular weight excluding hydrogens is 314 g/mol. The molecule has 24 heavy (non-hydrogen) atoms. The predicted molar refractivity (Wildman–Crippen MR) is 89.8 cm³/mol. The minimum Gasteiger partial charge on any atom is -0.481 e. The summed E-state index contributed by atoms with van der Waals surface area (Å²) in [6.07, 6.45) is 3.24. The molecule has 0 aliphatic rings. The zero-order chi connectivity index (χ0) is 18.2. The second kappa shape index (κ2) is 15.1. The third-order valence-corrected chi connectivity index (χ3v) is 3.47. The van der Waals surface area contributed by atoms with Gasteiger partial charge in [-0.15, -0.1) is 0 Å². The Balaban J connectivity index is 3.49. The van der Waals surface area contributed by atoms with Crippen LogP contribution in [-0.4, -0.2) is 55.7 Å². The van der Waals surface area contributed by atoms with Crippen molar-refractivity contribution in [2.75, 3.05) is 33.0 Å². The maximum absolute atomic E-state index is 11.7. The van der Waals surface area contributed by atoms with Crippen molar-refractivity contribution in [1.82, 2.24) is 5.32 Å². The number of nitrogens with one attached hydrogen (secondary N) is 1. The number of hydrogen-bond donors (Lipinski definition) is 2. The molecule has 0 saturated carbocycles. The van der Waals surface area contributed by atoms with E-state index in [-0.39, 0.29) is 37.1 Å². The molecule has 0 aliphatic carbocycles. The summed E-state index contributed by atoms with van der Waals surface area (Å²) in [5.74, 6) is -1.25. The van der Waals surface area contributed by atoms with Crippen molar-refractivity contribution < 1.29 is 29.0 Å². The van der Waals surface area contributed by atoms with E-state index in [1.807, 2.05) is 13.8 Å². The third kappa shape index (κ3) is 14.1. The maximum Gasteiger partial charge on any atom is 0.303 e. The van der Waals surface area contributed by atoms with Crippen molar-refractivity contribution in [1.29, 1.82) is 0 Å². The first kappa shape index (κ1) is 22.5. The Bertz CT molecular complexity index is 372. The zero-order valence-corrected chi connectivity index (χ0v) is 14.8. The van der Waals surface area contributed by atoms with Crippen LogP contribution in [0.25, 0.3) is 0 Å². The largest absolute Gasteiger partial charge is 0.481 e. The molecule has 7 nitrogen and oxygen atoms in total. The molecule has 0 aromatic carbocycles. The van der Waals surface area contributed by atoms with Crippen molar-refractivity contribution in [3.05, 3.63) is 0 Å². The van der Waals surface area contributed by atoms with Gasteiger partial charge in [0.2, 0.25) is 5.91 Å². The van der Waals surface area contributed by atoms with E-state index in [0.717, 1.165) is 19.3 Å². The molecule has 2 N–H and O–H groups in total. The number of carboxylic acid groups (broad SMARTS) is 1. The Morgan fingerprint density at radius 2 is 1.75 bits per heavy atom. The number of carboxylic acids is 1. The van der Waals surface area contributed by atoms with Crippen molar-refractivity contribution in [3.63, 3.8) is 0 Å². The Kier molecular flexibility index (Phi) is 14.2. The zero-order valence-electron chi connectivity index (χ0n) is 14.8. The molecule has 1 amide bonds. The maximum atomic E-state index is 11.7. The number of hydrogen-bond acceptors (Lipinski definition) is 5. The van der Waals surface area contributed by atoms with E-state index in [1.165, 1.54) is 0 Å². The number of unbranched alkanes of at least 4 members (excludes halogenated alkanes) is 1. The Morgan fingerprint density at radius 1 is 1.04 bits per heavy atom. The van der Waals surface area contributed by atoms with Gasteiger partial charge in [-0.2, -0.15) is 0 Å². The lowest BCUT2D eigenvalue weighted by atomic mass is 9.96. The molecule has 0 saturated heterocycles. The fourth-order valence-corrected chi connectivity index (χ4v) is 2.02. The van der Waals surface area contributed by atoms with Crippen molar-refractivity contribution in [2.45, 2.75) is 52.4 Å². The highest BCUT2D eigenvalue weighted by atomic mass is 16.5. The topological polar surface area (TPSA) is 102 Å². The van der Waals surface area contributed by atoms with E-state index in [2.05, 4.69) is 5.32 Å². The number of carbonyl (C=O) groups is 3. The molecule has 1 atom stereocenters. The predicted octanol–water partition coefficient (Wildman–Crippen LogP) is 1.79. The molecule has 0 fully saturated rings. The molecule has 0 unspecified atom stereocenters. The Labute approximate surface area is 144 Å². The summed E-state index contributed by atoms with van der Waals surface area (Å²) in [5, 5.41) is 11.3. The van der Waals surface area contributed by atoms with E-state index < -0.39 is 5.97 Å². The molecule has 0 heterocycles. The number of ketones is 1. The first-order chi connectivity index (χ1) is 11.5. The normalized spacial score (nSPS) is 11.9. The van der Waals surface area contributed by atoms with Gasteiger partial charge in [0, 0.05) is 25.5 Å². The van der Waals surface area contributed by atoms with E-state index in [1.54, 1.807) is 0 Å². The summed E-state index contributed by atoms with van der Waals surface area (Å²) >= 11 is 0. The van der Waals surface area contributed by atoms with Crippen LogP contribution in [0.4, 0.5) is 0 Å². The molecule has 7 heteroatoms. The van der Waals surface area contributed by atoms with Crippen LogP contribution < -0.4 is 5.32 Å². The Morgan fingerprint density at radius 3 is 2.42 bits per heavy atom. The second-order valence-corrected chi connectivity index (χ2v) is 5.77. The monoisotopic (exact) mass is 345 g/mol. The summed E-state index contributed by atoms with van der Waals surface area (Å²) < 4.78 is 10.4. The smallest absolute Gasteiger partial charge is 0.303 e. The third-order valence-electron chi connectivity index (χ3n) is 3.47. The fourth-order valence-electron chi connectivity index (χ4n) is 2.02.